The summed E-state index contributed by atoms with van der Waals surface area (Å²) in [6.07, 6.45) is -1.20. The van der Waals surface area contributed by atoms with Crippen molar-refractivity contribution >= 4 is 11.6 Å². The van der Waals surface area contributed by atoms with E-state index in [1.54, 1.807) is 6.07 Å². The molecular weight excluding hydrogens is 313 g/mol. The molecule has 0 amide bonds. The minimum absolute atomic E-state index is 0.00178. The lowest BCUT2D eigenvalue weighted by atomic mass is 9.94. The first-order valence-electron chi connectivity index (χ1n) is 7.18. The van der Waals surface area contributed by atoms with Gasteiger partial charge in [0.25, 0.3) is 0 Å². The van der Waals surface area contributed by atoms with Crippen molar-refractivity contribution in [1.29, 1.82) is 0 Å². The van der Waals surface area contributed by atoms with Gasteiger partial charge in [-0.15, -0.1) is 0 Å². The minimum atomic E-state index is -4.44. The average Bonchev–Trinajstić information content (AvgIpc) is 3.07. The molecule has 22 heavy (non-hydrogen) atoms. The molecule has 6 heteroatoms. The van der Waals surface area contributed by atoms with E-state index < -0.39 is 11.7 Å². The van der Waals surface area contributed by atoms with Crippen molar-refractivity contribution in [3.05, 3.63) is 46.1 Å². The van der Waals surface area contributed by atoms with E-state index >= 15 is 0 Å². The van der Waals surface area contributed by atoms with Gasteiger partial charge in [0.2, 0.25) is 0 Å². The molecule has 2 nitrogen and oxygen atoms in total. The van der Waals surface area contributed by atoms with Crippen LogP contribution in [0.25, 0.3) is 11.3 Å². The van der Waals surface area contributed by atoms with Crippen LogP contribution < -0.4 is 0 Å². The Morgan fingerprint density at radius 1 is 1.05 bits per heavy atom. The lowest BCUT2D eigenvalue weighted by Crippen LogP contribution is -2.09. The second kappa shape index (κ2) is 4.69. The van der Waals surface area contributed by atoms with E-state index in [0.29, 0.717) is 11.8 Å². The molecule has 2 bridgehead atoms. The van der Waals surface area contributed by atoms with E-state index in [9.17, 15) is 13.2 Å². The summed E-state index contributed by atoms with van der Waals surface area (Å²) in [5, 5.41) is 8.51. The van der Waals surface area contributed by atoms with Crippen molar-refractivity contribution in [3.8, 4) is 11.3 Å². The SMILES string of the molecule is FC(F)(F)c1ccc(Cl)cc1-c1cc2c(nn1)C1CCC2C1. The summed E-state index contributed by atoms with van der Waals surface area (Å²) in [5.74, 6) is 0.853. The standard InChI is InChI=1S/C16H12ClF3N2/c17-10-3-4-13(16(18,19)20)12(6-10)14-7-11-8-1-2-9(5-8)15(11)22-21-14/h3-4,6-9H,1-2,5H2. The minimum Gasteiger partial charge on any atom is -0.166 e. The molecule has 1 saturated carbocycles. The van der Waals surface area contributed by atoms with Gasteiger partial charge in [-0.3, -0.25) is 0 Å². The molecule has 2 aliphatic carbocycles. The topological polar surface area (TPSA) is 25.8 Å². The van der Waals surface area contributed by atoms with Gasteiger partial charge in [-0.2, -0.15) is 23.4 Å². The van der Waals surface area contributed by atoms with Gasteiger partial charge >= 0.3 is 6.18 Å². The molecule has 1 aromatic heterocycles. The smallest absolute Gasteiger partial charge is 0.166 e. The Kier molecular flexibility index (Phi) is 2.98. The number of alkyl halides is 3. The molecule has 1 aromatic carbocycles. The van der Waals surface area contributed by atoms with Crippen LogP contribution in [0.4, 0.5) is 13.2 Å². The number of halogens is 4. The van der Waals surface area contributed by atoms with E-state index in [2.05, 4.69) is 10.2 Å². The van der Waals surface area contributed by atoms with Gasteiger partial charge in [0.1, 0.15) is 0 Å². The number of nitrogens with zero attached hydrogens (tertiary/aromatic N) is 2. The van der Waals surface area contributed by atoms with Crippen molar-refractivity contribution in [2.75, 3.05) is 0 Å². The number of hydrogen-bond acceptors (Lipinski definition) is 2. The Morgan fingerprint density at radius 3 is 2.59 bits per heavy atom. The average molecular weight is 325 g/mol. The molecule has 2 aromatic rings. The highest BCUT2D eigenvalue weighted by Gasteiger charge is 2.39. The fourth-order valence-corrected chi connectivity index (χ4v) is 3.85. The van der Waals surface area contributed by atoms with Gasteiger partial charge in [0.05, 0.1) is 17.0 Å². The molecule has 114 valence electrons. The monoisotopic (exact) mass is 324 g/mol. The van der Waals surface area contributed by atoms with Gasteiger partial charge < -0.3 is 0 Å². The number of rotatable bonds is 1. The molecule has 2 unspecified atom stereocenters. The summed E-state index contributed by atoms with van der Waals surface area (Å²) < 4.78 is 39.6. The zero-order valence-electron chi connectivity index (χ0n) is 11.5. The maximum atomic E-state index is 13.2. The zero-order valence-corrected chi connectivity index (χ0v) is 12.2. The number of aromatic nitrogens is 2. The van der Waals surface area contributed by atoms with Gasteiger partial charge in [0.15, 0.2) is 0 Å². The highest BCUT2D eigenvalue weighted by Crippen LogP contribution is 2.52. The van der Waals surface area contributed by atoms with Gasteiger partial charge in [-0.05, 0) is 55.0 Å². The van der Waals surface area contributed by atoms with Crippen molar-refractivity contribution in [3.63, 3.8) is 0 Å². The van der Waals surface area contributed by atoms with E-state index in [1.807, 2.05) is 0 Å². The van der Waals surface area contributed by atoms with Crippen LogP contribution in [0.3, 0.4) is 0 Å². The van der Waals surface area contributed by atoms with Gasteiger partial charge in [-0.1, -0.05) is 11.6 Å². The van der Waals surface area contributed by atoms with Crippen molar-refractivity contribution in [1.82, 2.24) is 10.2 Å². The summed E-state index contributed by atoms with van der Waals surface area (Å²) in [7, 11) is 0. The summed E-state index contributed by atoms with van der Waals surface area (Å²) >= 11 is 5.88. The first-order chi connectivity index (χ1) is 10.4. The van der Waals surface area contributed by atoms with E-state index in [-0.39, 0.29) is 16.3 Å². The van der Waals surface area contributed by atoms with Crippen LogP contribution in [0.15, 0.2) is 24.3 Å². The Hall–Kier alpha value is -1.62. The second-order valence-corrected chi connectivity index (χ2v) is 6.40. The maximum absolute atomic E-state index is 13.2. The highest BCUT2D eigenvalue weighted by atomic mass is 35.5. The molecule has 4 rings (SSSR count). The van der Waals surface area contributed by atoms with E-state index in [1.165, 1.54) is 12.1 Å². The van der Waals surface area contributed by atoms with Crippen LogP contribution in [-0.4, -0.2) is 10.2 Å². The molecule has 1 heterocycles. The highest BCUT2D eigenvalue weighted by molar-refractivity contribution is 6.30. The summed E-state index contributed by atoms with van der Waals surface area (Å²) in [6.45, 7) is 0. The van der Waals surface area contributed by atoms with Crippen LogP contribution in [0.1, 0.15) is 47.9 Å². The predicted octanol–water partition coefficient (Wildman–Crippen LogP) is 5.18. The van der Waals surface area contributed by atoms with Crippen molar-refractivity contribution in [2.45, 2.75) is 37.3 Å². The van der Waals surface area contributed by atoms with Crippen molar-refractivity contribution < 1.29 is 13.2 Å². The Morgan fingerprint density at radius 2 is 1.82 bits per heavy atom. The second-order valence-electron chi connectivity index (χ2n) is 5.96. The normalized spacial score (nSPS) is 22.9. The number of benzene rings is 1. The van der Waals surface area contributed by atoms with E-state index in [4.69, 9.17) is 11.6 Å². The van der Waals surface area contributed by atoms with Crippen LogP contribution in [0.2, 0.25) is 5.02 Å². The fourth-order valence-electron chi connectivity index (χ4n) is 3.68. The summed E-state index contributed by atoms with van der Waals surface area (Å²) in [4.78, 5) is 0. The first kappa shape index (κ1) is 14.0. The van der Waals surface area contributed by atoms with Crippen LogP contribution >= 0.6 is 11.6 Å². The van der Waals surface area contributed by atoms with Gasteiger partial charge in [-0.25, -0.2) is 0 Å². The van der Waals surface area contributed by atoms with Crippen molar-refractivity contribution in [2.24, 2.45) is 0 Å². The lowest BCUT2D eigenvalue weighted by Gasteiger charge is -2.16. The quantitative estimate of drug-likeness (QED) is 0.722. The third kappa shape index (κ3) is 2.10. The third-order valence-electron chi connectivity index (χ3n) is 4.68. The maximum Gasteiger partial charge on any atom is 0.417 e. The Labute approximate surface area is 130 Å². The summed E-state index contributed by atoms with van der Waals surface area (Å²) in [5.41, 5.74) is 1.55. The molecule has 0 spiro atoms. The molecule has 1 fully saturated rings. The molecule has 0 aliphatic heterocycles. The molecule has 2 atom stereocenters. The lowest BCUT2D eigenvalue weighted by molar-refractivity contribution is -0.137. The fraction of sp³-hybridized carbons (Fsp3) is 0.375. The van der Waals surface area contributed by atoms with E-state index in [0.717, 1.165) is 36.6 Å². The predicted molar refractivity (Wildman–Crippen MR) is 76.8 cm³/mol. The molecular formula is C16H12ClF3N2. The largest absolute Gasteiger partial charge is 0.417 e. The van der Waals surface area contributed by atoms with Crippen LogP contribution in [0.5, 0.6) is 0 Å². The molecule has 0 saturated heterocycles. The van der Waals surface area contributed by atoms with Crippen LogP contribution in [0, 0.1) is 0 Å². The first-order valence-corrected chi connectivity index (χ1v) is 7.56. The molecule has 0 N–H and O–H groups in total. The Bertz CT molecular complexity index is 758. The number of hydrogen-bond donors (Lipinski definition) is 0. The Balaban J connectivity index is 1.87. The summed E-state index contributed by atoms with van der Waals surface area (Å²) in [6, 6.07) is 5.33. The number of fused-ring (bicyclic) bond motifs is 5. The zero-order chi connectivity index (χ0) is 15.5. The molecule has 0 radical (unpaired) electrons. The van der Waals surface area contributed by atoms with Crippen LogP contribution in [-0.2, 0) is 6.18 Å². The third-order valence-corrected chi connectivity index (χ3v) is 4.91. The molecule has 2 aliphatic rings. The van der Waals surface area contributed by atoms with Gasteiger partial charge in [0, 0.05) is 16.5 Å².